The van der Waals surface area contributed by atoms with Crippen LogP contribution in [-0.4, -0.2) is 7.85 Å². The predicted octanol–water partition coefficient (Wildman–Crippen LogP) is 3.80. The first kappa shape index (κ1) is 13.3. The molecule has 2 aliphatic rings. The van der Waals surface area contributed by atoms with Gasteiger partial charge in [0.1, 0.15) is 7.85 Å². The first-order valence-electron chi connectivity index (χ1n) is 8.39. The van der Waals surface area contributed by atoms with Gasteiger partial charge in [-0.3, -0.25) is 0 Å². The minimum atomic E-state index is 0.848. The monoisotopic (exact) mass is 254 g/mol. The molecule has 102 valence electrons. The largest absolute Gasteiger partial charge is 0.139 e. The number of rotatable bonds is 2. The van der Waals surface area contributed by atoms with Gasteiger partial charge >= 0.3 is 0 Å². The molecule has 0 spiro atoms. The molecule has 1 aromatic carbocycles. The topological polar surface area (TPSA) is 0 Å². The van der Waals surface area contributed by atoms with Crippen molar-refractivity contribution in [3.8, 4) is 0 Å². The van der Waals surface area contributed by atoms with Crippen LogP contribution in [0.1, 0.15) is 69.3 Å². The molecule has 1 heteroatoms. The van der Waals surface area contributed by atoms with Gasteiger partial charge in [-0.05, 0) is 49.0 Å². The van der Waals surface area contributed by atoms with Gasteiger partial charge in [0.15, 0.2) is 0 Å². The third kappa shape index (κ3) is 3.24. The van der Waals surface area contributed by atoms with Crippen molar-refractivity contribution in [3.63, 3.8) is 0 Å². The third-order valence-corrected chi connectivity index (χ3v) is 5.64. The summed E-state index contributed by atoms with van der Waals surface area (Å²) in [7, 11) is 2.18. The van der Waals surface area contributed by atoms with E-state index in [-0.39, 0.29) is 0 Å². The molecule has 2 fully saturated rings. The molecule has 0 N–H and O–H groups in total. The van der Waals surface area contributed by atoms with Crippen LogP contribution < -0.4 is 5.46 Å². The molecular weight excluding hydrogens is 227 g/mol. The standard InChI is InChI=1S/C18H27B/c19-18-12-10-17(11-13-18)16-8-6-15(7-9-16)14-4-2-1-3-5-14/h10-16H,1-9,19H2. The van der Waals surface area contributed by atoms with E-state index in [9.17, 15) is 0 Å². The van der Waals surface area contributed by atoms with Crippen molar-refractivity contribution in [2.24, 2.45) is 11.8 Å². The van der Waals surface area contributed by atoms with Crippen LogP contribution in [-0.2, 0) is 0 Å². The summed E-state index contributed by atoms with van der Waals surface area (Å²) in [5.41, 5.74) is 2.98. The van der Waals surface area contributed by atoms with E-state index in [0.29, 0.717) is 0 Å². The van der Waals surface area contributed by atoms with Gasteiger partial charge in [-0.1, -0.05) is 61.8 Å². The van der Waals surface area contributed by atoms with E-state index in [1.54, 1.807) is 5.56 Å². The average molecular weight is 254 g/mol. The summed E-state index contributed by atoms with van der Waals surface area (Å²) in [6.45, 7) is 0. The molecule has 0 aromatic heterocycles. The first-order valence-corrected chi connectivity index (χ1v) is 8.39. The summed E-state index contributed by atoms with van der Waals surface area (Å²) in [4.78, 5) is 0. The summed E-state index contributed by atoms with van der Waals surface area (Å²) < 4.78 is 0. The van der Waals surface area contributed by atoms with Crippen LogP contribution in [0.2, 0.25) is 0 Å². The van der Waals surface area contributed by atoms with Gasteiger partial charge in [-0.25, -0.2) is 0 Å². The Morgan fingerprint density at radius 3 is 1.89 bits per heavy atom. The Morgan fingerprint density at radius 2 is 1.26 bits per heavy atom. The van der Waals surface area contributed by atoms with E-state index in [0.717, 1.165) is 17.8 Å². The maximum absolute atomic E-state index is 2.36. The Bertz CT molecular complexity index is 381. The quantitative estimate of drug-likeness (QED) is 0.704. The van der Waals surface area contributed by atoms with Crippen LogP contribution in [0.3, 0.4) is 0 Å². The molecule has 2 saturated carbocycles. The normalized spacial score (nSPS) is 29.3. The fourth-order valence-electron chi connectivity index (χ4n) is 4.37. The molecule has 0 aliphatic heterocycles. The maximum Gasteiger partial charge on any atom is 0.139 e. The zero-order chi connectivity index (χ0) is 13.1. The molecule has 0 atom stereocenters. The van der Waals surface area contributed by atoms with Crippen molar-refractivity contribution in [2.75, 3.05) is 0 Å². The lowest BCUT2D eigenvalue weighted by Gasteiger charge is -2.36. The van der Waals surface area contributed by atoms with Crippen molar-refractivity contribution < 1.29 is 0 Å². The number of benzene rings is 1. The highest BCUT2D eigenvalue weighted by molar-refractivity contribution is 6.32. The first-order chi connectivity index (χ1) is 9.33. The average Bonchev–Trinajstić information content (AvgIpc) is 2.49. The van der Waals surface area contributed by atoms with E-state index in [2.05, 4.69) is 32.1 Å². The SMILES string of the molecule is Bc1ccc(C2CCC(C3CCCCC3)CC2)cc1. The lowest BCUT2D eigenvalue weighted by Crippen LogP contribution is -2.23. The Kier molecular flexibility index (Phi) is 4.30. The summed E-state index contributed by atoms with van der Waals surface area (Å²) in [5, 5.41) is 0. The van der Waals surface area contributed by atoms with Crippen LogP contribution in [0, 0.1) is 11.8 Å². The number of hydrogen-bond donors (Lipinski definition) is 0. The van der Waals surface area contributed by atoms with Crippen LogP contribution in [0.15, 0.2) is 24.3 Å². The third-order valence-electron chi connectivity index (χ3n) is 5.64. The highest BCUT2D eigenvalue weighted by Crippen LogP contribution is 2.42. The Hall–Kier alpha value is -0.715. The fourth-order valence-corrected chi connectivity index (χ4v) is 4.37. The number of hydrogen-bond acceptors (Lipinski definition) is 0. The molecule has 19 heavy (non-hydrogen) atoms. The van der Waals surface area contributed by atoms with Crippen molar-refractivity contribution >= 4 is 13.3 Å². The molecule has 0 bridgehead atoms. The van der Waals surface area contributed by atoms with Gasteiger partial charge in [0.25, 0.3) is 0 Å². The molecule has 0 heterocycles. The van der Waals surface area contributed by atoms with Crippen molar-refractivity contribution in [2.45, 2.75) is 63.7 Å². The molecule has 0 nitrogen and oxygen atoms in total. The summed E-state index contributed by atoms with van der Waals surface area (Å²) in [6, 6.07) is 9.28. The second-order valence-electron chi connectivity index (χ2n) is 6.92. The smallest absolute Gasteiger partial charge is 0.0889 e. The van der Waals surface area contributed by atoms with E-state index in [1.807, 2.05) is 0 Å². The minimum Gasteiger partial charge on any atom is -0.0889 e. The molecular formula is C18H27B. The highest BCUT2D eigenvalue weighted by Gasteiger charge is 2.28. The zero-order valence-electron chi connectivity index (χ0n) is 12.4. The highest BCUT2D eigenvalue weighted by atomic mass is 14.3. The van der Waals surface area contributed by atoms with Crippen LogP contribution in [0.4, 0.5) is 0 Å². The zero-order valence-corrected chi connectivity index (χ0v) is 12.4. The molecule has 0 radical (unpaired) electrons. The summed E-state index contributed by atoms with van der Waals surface area (Å²) >= 11 is 0. The molecule has 3 rings (SSSR count). The molecule has 0 saturated heterocycles. The Balaban J connectivity index is 1.55. The Morgan fingerprint density at radius 1 is 0.684 bits per heavy atom. The van der Waals surface area contributed by atoms with Crippen LogP contribution in [0.5, 0.6) is 0 Å². The second kappa shape index (κ2) is 6.16. The predicted molar refractivity (Wildman–Crippen MR) is 85.9 cm³/mol. The van der Waals surface area contributed by atoms with Gasteiger partial charge in [0.2, 0.25) is 0 Å². The molecule has 0 unspecified atom stereocenters. The van der Waals surface area contributed by atoms with E-state index in [1.165, 1.54) is 63.3 Å². The minimum absolute atomic E-state index is 0.848. The van der Waals surface area contributed by atoms with Gasteiger partial charge < -0.3 is 0 Å². The van der Waals surface area contributed by atoms with Gasteiger partial charge in [0, 0.05) is 0 Å². The van der Waals surface area contributed by atoms with Crippen molar-refractivity contribution in [3.05, 3.63) is 29.8 Å². The lowest BCUT2D eigenvalue weighted by atomic mass is 9.70. The van der Waals surface area contributed by atoms with E-state index < -0.39 is 0 Å². The molecule has 2 aliphatic carbocycles. The summed E-state index contributed by atoms with van der Waals surface area (Å²) in [5.74, 6) is 2.98. The van der Waals surface area contributed by atoms with Crippen LogP contribution >= 0.6 is 0 Å². The molecule has 0 amide bonds. The molecule has 1 aromatic rings. The van der Waals surface area contributed by atoms with E-state index in [4.69, 9.17) is 0 Å². The summed E-state index contributed by atoms with van der Waals surface area (Å²) in [6.07, 6.45) is 13.4. The van der Waals surface area contributed by atoms with Gasteiger partial charge in [-0.2, -0.15) is 0 Å². The van der Waals surface area contributed by atoms with Gasteiger partial charge in [-0.15, -0.1) is 0 Å². The maximum atomic E-state index is 2.36. The van der Waals surface area contributed by atoms with Crippen molar-refractivity contribution in [1.82, 2.24) is 0 Å². The van der Waals surface area contributed by atoms with Crippen molar-refractivity contribution in [1.29, 1.82) is 0 Å². The van der Waals surface area contributed by atoms with Crippen LogP contribution in [0.25, 0.3) is 0 Å². The lowest BCUT2D eigenvalue weighted by molar-refractivity contribution is 0.186. The Labute approximate surface area is 119 Å². The van der Waals surface area contributed by atoms with E-state index >= 15 is 0 Å². The second-order valence-corrected chi connectivity index (χ2v) is 6.92. The fraction of sp³-hybridized carbons (Fsp3) is 0.667. The van der Waals surface area contributed by atoms with Gasteiger partial charge in [0.05, 0.1) is 0 Å².